The van der Waals surface area contributed by atoms with E-state index in [1.807, 2.05) is 13.0 Å². The van der Waals surface area contributed by atoms with E-state index in [1.165, 1.54) is 0 Å². The van der Waals surface area contributed by atoms with Gasteiger partial charge in [-0.3, -0.25) is 4.79 Å². The number of benzene rings is 1. The van der Waals surface area contributed by atoms with Gasteiger partial charge in [-0.15, -0.1) is 0 Å². The molecule has 1 aromatic carbocycles. The van der Waals surface area contributed by atoms with Crippen LogP contribution in [0.3, 0.4) is 0 Å². The highest BCUT2D eigenvalue weighted by atomic mass is 16.5. The highest BCUT2D eigenvalue weighted by Gasteiger charge is 2.26. The molecule has 0 amide bonds. The molecule has 0 atom stereocenters. The highest BCUT2D eigenvalue weighted by Crippen LogP contribution is 2.36. The fourth-order valence-corrected chi connectivity index (χ4v) is 2.04. The molecule has 0 aliphatic carbocycles. The molecule has 2 N–H and O–H groups in total. The first-order valence-electron chi connectivity index (χ1n) is 6.56. The molecule has 19 heavy (non-hydrogen) atoms. The molecular weight excluding hydrogens is 242 g/mol. The first-order chi connectivity index (χ1) is 8.93. The molecule has 0 bridgehead atoms. The zero-order valence-corrected chi connectivity index (χ0v) is 11.8. The summed E-state index contributed by atoms with van der Waals surface area (Å²) >= 11 is 0. The summed E-state index contributed by atoms with van der Waals surface area (Å²) < 4.78 is 11.6. The molecule has 1 heterocycles. The number of carbonyl (C=O) groups is 1. The number of Topliss-reactive ketones (excluding diaryl/α,β-unsaturated/α-hetero) is 1. The maximum absolute atomic E-state index is 12.0. The van der Waals surface area contributed by atoms with Crippen LogP contribution in [0.5, 0.6) is 11.5 Å². The molecule has 0 aromatic heterocycles. The van der Waals surface area contributed by atoms with Crippen molar-refractivity contribution in [2.24, 2.45) is 11.1 Å². The van der Waals surface area contributed by atoms with Crippen LogP contribution in [0.1, 0.15) is 36.2 Å². The van der Waals surface area contributed by atoms with Crippen LogP contribution in [0.25, 0.3) is 0 Å². The van der Waals surface area contributed by atoms with Crippen molar-refractivity contribution in [2.75, 3.05) is 19.8 Å². The van der Waals surface area contributed by atoms with E-state index in [0.29, 0.717) is 43.2 Å². The lowest BCUT2D eigenvalue weighted by Gasteiger charge is -2.19. The van der Waals surface area contributed by atoms with Gasteiger partial charge < -0.3 is 15.2 Å². The van der Waals surface area contributed by atoms with Crippen LogP contribution in [0.15, 0.2) is 12.1 Å². The molecule has 2 rings (SSSR count). The van der Waals surface area contributed by atoms with Crippen LogP contribution in [0, 0.1) is 12.3 Å². The van der Waals surface area contributed by atoms with Crippen molar-refractivity contribution in [3.05, 3.63) is 23.3 Å². The largest absolute Gasteiger partial charge is 0.489 e. The van der Waals surface area contributed by atoms with Gasteiger partial charge in [-0.2, -0.15) is 0 Å². The van der Waals surface area contributed by atoms with Gasteiger partial charge >= 0.3 is 0 Å². The third kappa shape index (κ3) is 3.07. The summed E-state index contributed by atoms with van der Waals surface area (Å²) in [6.07, 6.45) is 0.353. The number of rotatable bonds is 3. The Kier molecular flexibility index (Phi) is 3.80. The molecule has 4 heteroatoms. The number of ketones is 1. The number of aryl methyl sites for hydroxylation is 1. The van der Waals surface area contributed by atoms with Crippen molar-refractivity contribution in [2.45, 2.75) is 27.2 Å². The predicted molar refractivity (Wildman–Crippen MR) is 74.0 cm³/mol. The molecule has 104 valence electrons. The standard InChI is InChI=1S/C15H21NO3/c1-10-6-13-14(7-11(10)12(17)4-5-16)19-9-15(2,3)8-18-13/h6-7H,4-5,8-9,16H2,1-3H3. The number of hydrogen-bond donors (Lipinski definition) is 1. The van der Waals surface area contributed by atoms with E-state index in [-0.39, 0.29) is 11.2 Å². The van der Waals surface area contributed by atoms with Crippen LogP contribution in [0.2, 0.25) is 0 Å². The van der Waals surface area contributed by atoms with Crippen molar-refractivity contribution in [3.63, 3.8) is 0 Å². The van der Waals surface area contributed by atoms with E-state index in [4.69, 9.17) is 15.2 Å². The fraction of sp³-hybridized carbons (Fsp3) is 0.533. The Morgan fingerprint density at radius 3 is 2.42 bits per heavy atom. The summed E-state index contributed by atoms with van der Waals surface area (Å²) in [5, 5.41) is 0. The Morgan fingerprint density at radius 2 is 1.84 bits per heavy atom. The second-order valence-electron chi connectivity index (χ2n) is 5.82. The number of carbonyl (C=O) groups excluding carboxylic acids is 1. The highest BCUT2D eigenvalue weighted by molar-refractivity contribution is 5.98. The second-order valence-corrected chi connectivity index (χ2v) is 5.82. The summed E-state index contributed by atoms with van der Waals surface area (Å²) in [5.74, 6) is 1.42. The summed E-state index contributed by atoms with van der Waals surface area (Å²) in [4.78, 5) is 12.0. The Labute approximate surface area is 113 Å². The number of hydrogen-bond acceptors (Lipinski definition) is 4. The smallest absolute Gasteiger partial charge is 0.164 e. The Balaban J connectivity index is 2.33. The third-order valence-corrected chi connectivity index (χ3v) is 3.20. The summed E-state index contributed by atoms with van der Waals surface area (Å²) in [7, 11) is 0. The van der Waals surface area contributed by atoms with E-state index >= 15 is 0 Å². The van der Waals surface area contributed by atoms with Crippen LogP contribution < -0.4 is 15.2 Å². The van der Waals surface area contributed by atoms with Crippen molar-refractivity contribution in [1.82, 2.24) is 0 Å². The van der Waals surface area contributed by atoms with Gasteiger partial charge in [0.1, 0.15) is 0 Å². The molecule has 1 aromatic rings. The zero-order chi connectivity index (χ0) is 14.0. The molecule has 4 nitrogen and oxygen atoms in total. The number of ether oxygens (including phenoxy) is 2. The quantitative estimate of drug-likeness (QED) is 0.850. The molecule has 0 radical (unpaired) electrons. The van der Waals surface area contributed by atoms with Gasteiger partial charge in [-0.1, -0.05) is 13.8 Å². The minimum atomic E-state index is -0.0334. The first-order valence-corrected chi connectivity index (χ1v) is 6.56. The van der Waals surface area contributed by atoms with Crippen molar-refractivity contribution < 1.29 is 14.3 Å². The van der Waals surface area contributed by atoms with E-state index in [9.17, 15) is 4.79 Å². The van der Waals surface area contributed by atoms with E-state index in [0.717, 1.165) is 5.56 Å². The normalized spacial score (nSPS) is 16.8. The van der Waals surface area contributed by atoms with Gasteiger partial charge in [0.05, 0.1) is 13.2 Å². The van der Waals surface area contributed by atoms with Crippen LogP contribution in [-0.4, -0.2) is 25.5 Å². The van der Waals surface area contributed by atoms with Gasteiger partial charge in [0.25, 0.3) is 0 Å². The van der Waals surface area contributed by atoms with Crippen LogP contribution in [0.4, 0.5) is 0 Å². The molecular formula is C15H21NO3. The minimum absolute atomic E-state index is 0.0334. The maximum atomic E-state index is 12.0. The summed E-state index contributed by atoms with van der Waals surface area (Å²) in [6.45, 7) is 7.63. The lowest BCUT2D eigenvalue weighted by molar-refractivity contribution is 0.0984. The van der Waals surface area contributed by atoms with Crippen molar-refractivity contribution in [3.8, 4) is 11.5 Å². The number of nitrogens with two attached hydrogens (primary N) is 1. The predicted octanol–water partition coefficient (Wildman–Crippen LogP) is 2.32. The average Bonchev–Trinajstić information content (AvgIpc) is 2.48. The van der Waals surface area contributed by atoms with E-state index in [1.54, 1.807) is 6.07 Å². The average molecular weight is 263 g/mol. The Hall–Kier alpha value is -1.55. The van der Waals surface area contributed by atoms with Gasteiger partial charge in [0.15, 0.2) is 17.3 Å². The van der Waals surface area contributed by atoms with Gasteiger partial charge in [0, 0.05) is 17.4 Å². The van der Waals surface area contributed by atoms with E-state index < -0.39 is 0 Å². The monoisotopic (exact) mass is 263 g/mol. The van der Waals surface area contributed by atoms with Crippen molar-refractivity contribution in [1.29, 1.82) is 0 Å². The molecule has 0 unspecified atom stereocenters. The molecule has 0 spiro atoms. The zero-order valence-electron chi connectivity index (χ0n) is 11.8. The lowest BCUT2D eigenvalue weighted by Crippen LogP contribution is -2.26. The Morgan fingerprint density at radius 1 is 1.26 bits per heavy atom. The lowest BCUT2D eigenvalue weighted by atomic mass is 9.97. The minimum Gasteiger partial charge on any atom is -0.489 e. The van der Waals surface area contributed by atoms with Crippen LogP contribution in [-0.2, 0) is 0 Å². The fourth-order valence-electron chi connectivity index (χ4n) is 2.04. The molecule has 1 aliphatic rings. The van der Waals surface area contributed by atoms with Crippen LogP contribution >= 0.6 is 0 Å². The molecule has 0 saturated carbocycles. The summed E-state index contributed by atoms with van der Waals surface area (Å²) in [6, 6.07) is 3.66. The van der Waals surface area contributed by atoms with Crippen molar-refractivity contribution >= 4 is 5.78 Å². The molecule has 0 saturated heterocycles. The van der Waals surface area contributed by atoms with Gasteiger partial charge in [-0.25, -0.2) is 0 Å². The van der Waals surface area contributed by atoms with Gasteiger partial charge in [-0.05, 0) is 31.2 Å². The van der Waals surface area contributed by atoms with Gasteiger partial charge in [0.2, 0.25) is 0 Å². The first kappa shape index (κ1) is 13.9. The molecule has 1 aliphatic heterocycles. The summed E-state index contributed by atoms with van der Waals surface area (Å²) in [5.41, 5.74) is 6.98. The second kappa shape index (κ2) is 5.21. The molecule has 0 fully saturated rings. The van der Waals surface area contributed by atoms with E-state index in [2.05, 4.69) is 13.8 Å². The maximum Gasteiger partial charge on any atom is 0.164 e. The SMILES string of the molecule is Cc1cc2c(cc1C(=O)CCN)OCC(C)(C)CO2. The number of fused-ring (bicyclic) bond motifs is 1. The topological polar surface area (TPSA) is 61.6 Å². The Bertz CT molecular complexity index is 494. The third-order valence-electron chi connectivity index (χ3n) is 3.20.